The molecule has 0 N–H and O–H groups in total. The lowest BCUT2D eigenvalue weighted by Gasteiger charge is -2.26. The van der Waals surface area contributed by atoms with Crippen LogP contribution in [-0.2, 0) is 0 Å². The SMILES string of the molecule is c1ccc(-c2ccc(N(c3ccc(-c4ccc5ccc6oc7ccccc7c6c5c4)cc3)c3ccc(-c4cccc5oc6ccccc6c45)cc3)cc2)cc1. The minimum atomic E-state index is 0.900. The van der Waals surface area contributed by atoms with Gasteiger partial charge >= 0.3 is 0 Å². The maximum absolute atomic E-state index is 6.22. The number of furan rings is 2. The molecule has 0 aliphatic heterocycles. The highest BCUT2D eigenvalue weighted by atomic mass is 16.3. The largest absolute Gasteiger partial charge is 0.456 e. The summed E-state index contributed by atoms with van der Waals surface area (Å²) in [6.07, 6.45) is 0. The molecule has 258 valence electrons. The third kappa shape index (κ3) is 5.28. The molecule has 2 heterocycles. The molecule has 3 nitrogen and oxygen atoms in total. The van der Waals surface area contributed by atoms with Crippen LogP contribution in [0.15, 0.2) is 209 Å². The Morgan fingerprint density at radius 1 is 0.291 bits per heavy atom. The number of anilines is 3. The molecule has 11 rings (SSSR count). The summed E-state index contributed by atoms with van der Waals surface area (Å²) in [7, 11) is 0. The van der Waals surface area contributed by atoms with E-state index in [2.05, 4.69) is 181 Å². The van der Waals surface area contributed by atoms with E-state index in [0.717, 1.165) is 77.6 Å². The smallest absolute Gasteiger partial charge is 0.136 e. The lowest BCUT2D eigenvalue weighted by atomic mass is 9.97. The Labute approximate surface area is 317 Å². The summed E-state index contributed by atoms with van der Waals surface area (Å²) in [5.74, 6) is 0. The molecular formula is C52H33NO2. The fourth-order valence-electron chi connectivity index (χ4n) is 8.21. The van der Waals surface area contributed by atoms with Crippen LogP contribution < -0.4 is 4.90 Å². The van der Waals surface area contributed by atoms with E-state index in [1.54, 1.807) is 0 Å². The van der Waals surface area contributed by atoms with Gasteiger partial charge in [0.25, 0.3) is 0 Å². The Kier molecular flexibility index (Phi) is 7.17. The van der Waals surface area contributed by atoms with Gasteiger partial charge in [0.15, 0.2) is 0 Å². The number of rotatable bonds is 6. The molecule has 55 heavy (non-hydrogen) atoms. The lowest BCUT2D eigenvalue weighted by molar-refractivity contribution is 0.668. The number of fused-ring (bicyclic) bond motifs is 8. The van der Waals surface area contributed by atoms with Crippen LogP contribution in [0.5, 0.6) is 0 Å². The highest BCUT2D eigenvalue weighted by Crippen LogP contribution is 2.41. The standard InChI is InChI=1S/C52H33NO2/c1-2-9-34(10-3-1)35-19-26-40(27-20-35)53(42-30-23-37(24-31-42)43-13-8-16-49-51(43)44-11-4-6-14-47(44)54-49)41-28-21-36(22-29-41)39-18-17-38-25-32-50-52(46(38)33-39)45-12-5-7-15-48(45)55-50/h1-33H. The number of benzene rings is 9. The van der Waals surface area contributed by atoms with Gasteiger partial charge in [0.2, 0.25) is 0 Å². The van der Waals surface area contributed by atoms with Gasteiger partial charge in [0.05, 0.1) is 0 Å². The van der Waals surface area contributed by atoms with Crippen molar-refractivity contribution in [2.45, 2.75) is 0 Å². The first-order valence-electron chi connectivity index (χ1n) is 18.7. The first-order chi connectivity index (χ1) is 27.2. The Bertz CT molecular complexity index is 3170. The third-order valence-electron chi connectivity index (χ3n) is 10.9. The van der Waals surface area contributed by atoms with Crippen molar-refractivity contribution in [3.05, 3.63) is 200 Å². The first-order valence-corrected chi connectivity index (χ1v) is 18.7. The van der Waals surface area contributed by atoms with Crippen LogP contribution in [-0.4, -0.2) is 0 Å². The number of para-hydroxylation sites is 2. The quantitative estimate of drug-likeness (QED) is 0.173. The Morgan fingerprint density at radius 3 is 1.42 bits per heavy atom. The highest BCUT2D eigenvalue weighted by molar-refractivity contribution is 6.19. The Balaban J connectivity index is 0.995. The second kappa shape index (κ2) is 12.6. The normalized spacial score (nSPS) is 11.6. The van der Waals surface area contributed by atoms with E-state index in [9.17, 15) is 0 Å². The summed E-state index contributed by atoms with van der Waals surface area (Å²) in [4.78, 5) is 2.33. The Morgan fingerprint density at radius 2 is 0.764 bits per heavy atom. The van der Waals surface area contributed by atoms with Gasteiger partial charge in [-0.15, -0.1) is 0 Å². The van der Waals surface area contributed by atoms with Gasteiger partial charge in [-0.05, 0) is 111 Å². The van der Waals surface area contributed by atoms with Crippen molar-refractivity contribution in [3.8, 4) is 33.4 Å². The van der Waals surface area contributed by atoms with Gasteiger partial charge in [-0.2, -0.15) is 0 Å². The number of hydrogen-bond acceptors (Lipinski definition) is 3. The van der Waals surface area contributed by atoms with Gasteiger partial charge in [0.1, 0.15) is 22.3 Å². The zero-order chi connectivity index (χ0) is 36.3. The van der Waals surface area contributed by atoms with Crippen molar-refractivity contribution in [2.75, 3.05) is 4.90 Å². The molecule has 0 saturated heterocycles. The van der Waals surface area contributed by atoms with Gasteiger partial charge in [0, 0.05) is 38.6 Å². The number of hydrogen-bond donors (Lipinski definition) is 0. The van der Waals surface area contributed by atoms with E-state index in [1.807, 2.05) is 24.3 Å². The summed E-state index contributed by atoms with van der Waals surface area (Å²) >= 11 is 0. The van der Waals surface area contributed by atoms with Crippen LogP contribution in [0.2, 0.25) is 0 Å². The fourth-order valence-corrected chi connectivity index (χ4v) is 8.21. The van der Waals surface area contributed by atoms with Gasteiger partial charge in [-0.1, -0.05) is 133 Å². The molecule has 0 bridgehead atoms. The van der Waals surface area contributed by atoms with Crippen LogP contribution in [0.4, 0.5) is 17.1 Å². The number of nitrogens with zero attached hydrogens (tertiary/aromatic N) is 1. The zero-order valence-corrected chi connectivity index (χ0v) is 29.8. The molecule has 0 amide bonds. The maximum Gasteiger partial charge on any atom is 0.136 e. The average Bonchev–Trinajstić information content (AvgIpc) is 3.84. The third-order valence-corrected chi connectivity index (χ3v) is 10.9. The van der Waals surface area contributed by atoms with Crippen molar-refractivity contribution >= 4 is 71.7 Å². The second-order valence-electron chi connectivity index (χ2n) is 14.1. The van der Waals surface area contributed by atoms with Crippen molar-refractivity contribution in [1.29, 1.82) is 0 Å². The summed E-state index contributed by atoms with van der Waals surface area (Å²) in [6, 6.07) is 71.0. The minimum absolute atomic E-state index is 0.900. The van der Waals surface area contributed by atoms with Gasteiger partial charge in [-0.25, -0.2) is 0 Å². The molecule has 9 aromatic carbocycles. The van der Waals surface area contributed by atoms with Crippen LogP contribution in [0.3, 0.4) is 0 Å². The van der Waals surface area contributed by atoms with Gasteiger partial charge in [-0.3, -0.25) is 0 Å². The average molecular weight is 704 g/mol. The van der Waals surface area contributed by atoms with Crippen molar-refractivity contribution in [2.24, 2.45) is 0 Å². The van der Waals surface area contributed by atoms with E-state index in [1.165, 1.54) is 27.5 Å². The molecule has 3 heteroatoms. The van der Waals surface area contributed by atoms with E-state index in [-0.39, 0.29) is 0 Å². The van der Waals surface area contributed by atoms with Crippen LogP contribution >= 0.6 is 0 Å². The predicted molar refractivity (Wildman–Crippen MR) is 229 cm³/mol. The fraction of sp³-hybridized carbons (Fsp3) is 0. The molecule has 0 unspecified atom stereocenters. The molecule has 0 fully saturated rings. The molecule has 0 spiro atoms. The lowest BCUT2D eigenvalue weighted by Crippen LogP contribution is -2.09. The molecule has 0 aliphatic carbocycles. The van der Waals surface area contributed by atoms with E-state index in [0.29, 0.717) is 0 Å². The van der Waals surface area contributed by atoms with E-state index >= 15 is 0 Å². The summed E-state index contributed by atoms with van der Waals surface area (Å²) in [6.45, 7) is 0. The molecule has 11 aromatic rings. The van der Waals surface area contributed by atoms with E-state index in [4.69, 9.17) is 8.83 Å². The molecule has 0 atom stereocenters. The molecule has 0 saturated carbocycles. The minimum Gasteiger partial charge on any atom is -0.456 e. The summed E-state index contributed by atoms with van der Waals surface area (Å²) in [5, 5.41) is 6.98. The van der Waals surface area contributed by atoms with Crippen molar-refractivity contribution in [1.82, 2.24) is 0 Å². The van der Waals surface area contributed by atoms with Crippen LogP contribution in [0.1, 0.15) is 0 Å². The molecule has 0 radical (unpaired) electrons. The summed E-state index contributed by atoms with van der Waals surface area (Å²) < 4.78 is 12.4. The topological polar surface area (TPSA) is 29.5 Å². The van der Waals surface area contributed by atoms with E-state index < -0.39 is 0 Å². The first kappa shape index (κ1) is 31.2. The van der Waals surface area contributed by atoms with Crippen LogP contribution in [0.25, 0.3) is 88.0 Å². The molecule has 0 aliphatic rings. The molecular weight excluding hydrogens is 671 g/mol. The van der Waals surface area contributed by atoms with Crippen LogP contribution in [0, 0.1) is 0 Å². The van der Waals surface area contributed by atoms with Gasteiger partial charge < -0.3 is 13.7 Å². The van der Waals surface area contributed by atoms with Crippen molar-refractivity contribution < 1.29 is 8.83 Å². The monoisotopic (exact) mass is 703 g/mol. The highest BCUT2D eigenvalue weighted by Gasteiger charge is 2.17. The summed E-state index contributed by atoms with van der Waals surface area (Å²) in [5.41, 5.74) is 13.9. The maximum atomic E-state index is 6.22. The second-order valence-corrected chi connectivity index (χ2v) is 14.1. The van der Waals surface area contributed by atoms with Crippen molar-refractivity contribution in [3.63, 3.8) is 0 Å². The Hall–Kier alpha value is -7.36. The zero-order valence-electron chi connectivity index (χ0n) is 29.8. The molecule has 2 aromatic heterocycles. The predicted octanol–water partition coefficient (Wildman–Crippen LogP) is 15.1.